The Morgan fingerprint density at radius 2 is 1.81 bits per heavy atom. The number of benzene rings is 2. The van der Waals surface area contributed by atoms with E-state index in [1.807, 2.05) is 48.9 Å². The lowest BCUT2D eigenvalue weighted by Gasteiger charge is -2.15. The number of nitrogens with one attached hydrogen (secondary N) is 3. The highest BCUT2D eigenvalue weighted by Crippen LogP contribution is 2.16. The van der Waals surface area contributed by atoms with Crippen molar-refractivity contribution in [3.05, 3.63) is 77.4 Å². The Morgan fingerprint density at radius 1 is 1.10 bits per heavy atom. The van der Waals surface area contributed by atoms with Crippen LogP contribution in [-0.4, -0.2) is 35.2 Å². The summed E-state index contributed by atoms with van der Waals surface area (Å²) < 4.78 is 14.9. The number of amides is 1. The van der Waals surface area contributed by atoms with Gasteiger partial charge in [0.1, 0.15) is 5.82 Å². The molecule has 0 unspecified atom stereocenters. The van der Waals surface area contributed by atoms with Gasteiger partial charge in [0.2, 0.25) is 5.91 Å². The number of carbonyl (C=O) groups excluding carboxylic acids is 1. The average Bonchev–Trinajstić information content (AvgIpc) is 3.08. The van der Waals surface area contributed by atoms with Gasteiger partial charge >= 0.3 is 0 Å². The lowest BCUT2D eigenvalue weighted by atomic mass is 10.1. The summed E-state index contributed by atoms with van der Waals surface area (Å²) in [5.41, 5.74) is 4.58. The molecule has 1 amide bonds. The first-order chi connectivity index (χ1) is 14.5. The largest absolute Gasteiger partial charge is 0.352 e. The van der Waals surface area contributed by atoms with Crippen LogP contribution in [0.2, 0.25) is 0 Å². The van der Waals surface area contributed by atoms with Crippen LogP contribution in [0.1, 0.15) is 17.0 Å². The molecule has 0 saturated carbocycles. The zero-order valence-corrected chi connectivity index (χ0v) is 20.0. The number of rotatable bonds is 6. The Hall–Kier alpha value is -2.95. The van der Waals surface area contributed by atoms with Gasteiger partial charge in [-0.15, -0.1) is 24.0 Å². The van der Waals surface area contributed by atoms with E-state index in [-0.39, 0.29) is 42.2 Å². The maximum absolute atomic E-state index is 13.0. The molecule has 0 bridgehead atoms. The minimum Gasteiger partial charge on any atom is -0.352 e. The molecule has 0 saturated heterocycles. The molecule has 0 aliphatic carbocycles. The molecule has 164 valence electrons. The SMILES string of the molecule is CN=C(NCC(=O)Nc1ccc(F)cc1)NCc1ccccc1-n1nc(C)cc1C.I. The van der Waals surface area contributed by atoms with E-state index in [0.29, 0.717) is 18.2 Å². The van der Waals surface area contributed by atoms with Gasteiger partial charge in [-0.1, -0.05) is 18.2 Å². The highest BCUT2D eigenvalue weighted by atomic mass is 127. The normalized spacial score (nSPS) is 10.9. The number of nitrogens with zero attached hydrogens (tertiary/aromatic N) is 3. The standard InChI is InChI=1S/C22H25FN6O.HI/c1-15-12-16(2)29(28-15)20-7-5-4-6-17(20)13-25-22(24-3)26-14-21(30)27-19-10-8-18(23)9-11-19;/h4-12H,13-14H2,1-3H3,(H,27,30)(H2,24,25,26);1H. The number of guanidine groups is 1. The Balaban J connectivity index is 0.00000341. The summed E-state index contributed by atoms with van der Waals surface area (Å²) in [5, 5.41) is 13.5. The van der Waals surface area contributed by atoms with Gasteiger partial charge in [0.15, 0.2) is 5.96 Å². The molecule has 0 fully saturated rings. The highest BCUT2D eigenvalue weighted by Gasteiger charge is 2.10. The smallest absolute Gasteiger partial charge is 0.243 e. The zero-order chi connectivity index (χ0) is 21.5. The minimum absolute atomic E-state index is 0. The summed E-state index contributed by atoms with van der Waals surface area (Å²) >= 11 is 0. The molecule has 3 rings (SSSR count). The van der Waals surface area contributed by atoms with Crippen LogP contribution in [0.15, 0.2) is 59.6 Å². The predicted molar refractivity (Wildman–Crippen MR) is 132 cm³/mol. The molecule has 3 aromatic rings. The van der Waals surface area contributed by atoms with Crippen molar-refractivity contribution in [3.8, 4) is 5.69 Å². The molecular weight excluding hydrogens is 510 g/mol. The third kappa shape index (κ3) is 6.78. The summed E-state index contributed by atoms with van der Waals surface area (Å²) in [6.45, 7) is 4.52. The van der Waals surface area contributed by atoms with Crippen molar-refractivity contribution in [2.75, 3.05) is 18.9 Å². The molecule has 2 aromatic carbocycles. The van der Waals surface area contributed by atoms with Crippen LogP contribution in [0.25, 0.3) is 5.69 Å². The third-order valence-corrected chi connectivity index (χ3v) is 4.44. The molecule has 1 heterocycles. The molecule has 0 atom stereocenters. The molecule has 0 radical (unpaired) electrons. The van der Waals surface area contributed by atoms with Gasteiger partial charge < -0.3 is 16.0 Å². The molecule has 0 aliphatic rings. The number of hydrogen-bond acceptors (Lipinski definition) is 3. The fourth-order valence-corrected chi connectivity index (χ4v) is 3.04. The van der Waals surface area contributed by atoms with E-state index in [2.05, 4.69) is 26.0 Å². The second-order valence-corrected chi connectivity index (χ2v) is 6.80. The lowest BCUT2D eigenvalue weighted by molar-refractivity contribution is -0.115. The van der Waals surface area contributed by atoms with Gasteiger partial charge in [-0.25, -0.2) is 9.07 Å². The monoisotopic (exact) mass is 536 g/mol. The zero-order valence-electron chi connectivity index (χ0n) is 17.6. The van der Waals surface area contributed by atoms with Crippen LogP contribution in [0, 0.1) is 19.7 Å². The predicted octanol–water partition coefficient (Wildman–Crippen LogP) is 3.55. The summed E-state index contributed by atoms with van der Waals surface area (Å²) in [6.07, 6.45) is 0. The van der Waals surface area contributed by atoms with Gasteiger partial charge in [-0.2, -0.15) is 5.10 Å². The number of para-hydroxylation sites is 1. The maximum atomic E-state index is 13.0. The molecule has 0 spiro atoms. The van der Waals surface area contributed by atoms with E-state index in [0.717, 1.165) is 22.6 Å². The van der Waals surface area contributed by atoms with Crippen LogP contribution < -0.4 is 16.0 Å². The molecule has 31 heavy (non-hydrogen) atoms. The maximum Gasteiger partial charge on any atom is 0.243 e. The number of anilines is 1. The Labute approximate surface area is 198 Å². The van der Waals surface area contributed by atoms with Crippen LogP contribution in [0.3, 0.4) is 0 Å². The lowest BCUT2D eigenvalue weighted by Crippen LogP contribution is -2.41. The number of carbonyl (C=O) groups is 1. The Bertz CT molecular complexity index is 1050. The highest BCUT2D eigenvalue weighted by molar-refractivity contribution is 14.0. The van der Waals surface area contributed by atoms with Crippen LogP contribution in [-0.2, 0) is 11.3 Å². The van der Waals surface area contributed by atoms with E-state index in [4.69, 9.17) is 0 Å². The van der Waals surface area contributed by atoms with Gasteiger partial charge in [0.25, 0.3) is 0 Å². The molecule has 0 aliphatic heterocycles. The summed E-state index contributed by atoms with van der Waals surface area (Å²) in [4.78, 5) is 16.3. The first kappa shape index (κ1) is 24.3. The summed E-state index contributed by atoms with van der Waals surface area (Å²) in [7, 11) is 1.64. The molecule has 1 aromatic heterocycles. The van der Waals surface area contributed by atoms with Crippen LogP contribution in [0.5, 0.6) is 0 Å². The first-order valence-corrected chi connectivity index (χ1v) is 9.58. The number of aliphatic imine (C=N–C) groups is 1. The van der Waals surface area contributed by atoms with E-state index in [1.165, 1.54) is 24.3 Å². The first-order valence-electron chi connectivity index (χ1n) is 9.58. The van der Waals surface area contributed by atoms with Crippen molar-refractivity contribution in [2.45, 2.75) is 20.4 Å². The van der Waals surface area contributed by atoms with Crippen molar-refractivity contribution in [1.82, 2.24) is 20.4 Å². The fraction of sp³-hybridized carbons (Fsp3) is 0.227. The molecule has 7 nitrogen and oxygen atoms in total. The van der Waals surface area contributed by atoms with Gasteiger partial charge in [0.05, 0.1) is 17.9 Å². The average molecular weight is 536 g/mol. The van der Waals surface area contributed by atoms with Crippen molar-refractivity contribution in [2.24, 2.45) is 4.99 Å². The van der Waals surface area contributed by atoms with E-state index in [9.17, 15) is 9.18 Å². The number of halogens is 2. The third-order valence-electron chi connectivity index (χ3n) is 4.44. The van der Waals surface area contributed by atoms with Crippen molar-refractivity contribution >= 4 is 41.5 Å². The number of aromatic nitrogens is 2. The van der Waals surface area contributed by atoms with Crippen molar-refractivity contribution < 1.29 is 9.18 Å². The van der Waals surface area contributed by atoms with Crippen LogP contribution in [0.4, 0.5) is 10.1 Å². The van der Waals surface area contributed by atoms with Gasteiger partial charge in [-0.3, -0.25) is 9.79 Å². The Morgan fingerprint density at radius 3 is 2.45 bits per heavy atom. The summed E-state index contributed by atoms with van der Waals surface area (Å²) in [6, 6.07) is 15.6. The second-order valence-electron chi connectivity index (χ2n) is 6.80. The number of aryl methyl sites for hydroxylation is 2. The minimum atomic E-state index is -0.350. The second kappa shape index (κ2) is 11.4. The quantitative estimate of drug-likeness (QED) is 0.256. The number of hydrogen-bond donors (Lipinski definition) is 3. The van der Waals surface area contributed by atoms with Crippen molar-refractivity contribution in [1.29, 1.82) is 0 Å². The van der Waals surface area contributed by atoms with Crippen LogP contribution >= 0.6 is 24.0 Å². The van der Waals surface area contributed by atoms with Gasteiger partial charge in [-0.05, 0) is 55.8 Å². The topological polar surface area (TPSA) is 83.3 Å². The van der Waals surface area contributed by atoms with Gasteiger partial charge in [0, 0.05) is 25.0 Å². The van der Waals surface area contributed by atoms with E-state index < -0.39 is 0 Å². The summed E-state index contributed by atoms with van der Waals surface area (Å²) in [5.74, 6) is -0.114. The molecular formula is C22H26FIN6O. The van der Waals surface area contributed by atoms with E-state index in [1.54, 1.807) is 7.05 Å². The van der Waals surface area contributed by atoms with E-state index >= 15 is 0 Å². The van der Waals surface area contributed by atoms with Crippen molar-refractivity contribution in [3.63, 3.8) is 0 Å². The fourth-order valence-electron chi connectivity index (χ4n) is 3.04. The Kier molecular flexibility index (Phi) is 8.98. The molecule has 3 N–H and O–H groups in total. The molecule has 9 heteroatoms.